The van der Waals surface area contributed by atoms with Gasteiger partial charge < -0.3 is 9.64 Å². The van der Waals surface area contributed by atoms with Crippen LogP contribution in [0.15, 0.2) is 54.5 Å². The van der Waals surface area contributed by atoms with Crippen LogP contribution in [-0.2, 0) is 9.53 Å². The standard InChI is InChI=1S/C19H21N3O3/c1-2-21(16-8-6-7-9-16)18(23)14-25-19(24)15-12-20-22(13-15)17-10-4-3-5-11-17/h3-5,8,10-13H,2,6-7,9,14H2,1H3. The van der Waals surface area contributed by atoms with Crippen LogP contribution in [0.5, 0.6) is 0 Å². The first kappa shape index (κ1) is 17.0. The number of hydrogen-bond donors (Lipinski definition) is 0. The molecule has 1 aliphatic carbocycles. The average molecular weight is 339 g/mol. The summed E-state index contributed by atoms with van der Waals surface area (Å²) in [6.45, 7) is 2.23. The Kier molecular flexibility index (Phi) is 5.28. The molecule has 0 radical (unpaired) electrons. The maximum Gasteiger partial charge on any atom is 0.341 e. The number of likely N-dealkylation sites (N-methyl/N-ethyl adjacent to an activating group) is 1. The topological polar surface area (TPSA) is 64.4 Å². The zero-order valence-electron chi connectivity index (χ0n) is 14.2. The molecule has 25 heavy (non-hydrogen) atoms. The van der Waals surface area contributed by atoms with Gasteiger partial charge in [0.15, 0.2) is 6.61 Å². The summed E-state index contributed by atoms with van der Waals surface area (Å²) in [5.74, 6) is -0.744. The largest absolute Gasteiger partial charge is 0.452 e. The molecule has 0 spiro atoms. The molecule has 0 saturated heterocycles. The van der Waals surface area contributed by atoms with Gasteiger partial charge in [0.05, 0.1) is 17.4 Å². The lowest BCUT2D eigenvalue weighted by molar-refractivity contribution is -0.132. The van der Waals surface area contributed by atoms with E-state index in [2.05, 4.69) is 11.2 Å². The van der Waals surface area contributed by atoms with Crippen molar-refractivity contribution in [2.24, 2.45) is 0 Å². The molecule has 1 aliphatic rings. The average Bonchev–Trinajstić information content (AvgIpc) is 3.33. The quantitative estimate of drug-likeness (QED) is 0.759. The van der Waals surface area contributed by atoms with Crippen molar-refractivity contribution in [1.29, 1.82) is 0 Å². The van der Waals surface area contributed by atoms with Crippen LogP contribution in [0.4, 0.5) is 0 Å². The molecule has 0 atom stereocenters. The zero-order chi connectivity index (χ0) is 17.6. The van der Waals surface area contributed by atoms with Gasteiger partial charge in [0, 0.05) is 18.4 Å². The highest BCUT2D eigenvalue weighted by molar-refractivity contribution is 5.91. The van der Waals surface area contributed by atoms with Crippen molar-refractivity contribution in [1.82, 2.24) is 14.7 Å². The number of rotatable bonds is 6. The Hall–Kier alpha value is -2.89. The fourth-order valence-electron chi connectivity index (χ4n) is 2.88. The number of carbonyl (C=O) groups is 2. The molecule has 3 rings (SSSR count). The first-order chi connectivity index (χ1) is 12.2. The minimum Gasteiger partial charge on any atom is -0.452 e. The summed E-state index contributed by atoms with van der Waals surface area (Å²) in [6.07, 6.45) is 8.08. The molecular formula is C19H21N3O3. The fraction of sp³-hybridized carbons (Fsp3) is 0.316. The van der Waals surface area contributed by atoms with E-state index in [9.17, 15) is 9.59 Å². The number of aromatic nitrogens is 2. The Morgan fingerprint density at radius 2 is 2.08 bits per heavy atom. The lowest BCUT2D eigenvalue weighted by atomic mass is 10.3. The second-order valence-electron chi connectivity index (χ2n) is 5.81. The molecule has 0 unspecified atom stereocenters. The van der Waals surface area contributed by atoms with Crippen LogP contribution < -0.4 is 0 Å². The van der Waals surface area contributed by atoms with Gasteiger partial charge in [0.1, 0.15) is 0 Å². The molecule has 0 N–H and O–H groups in total. The molecule has 0 bridgehead atoms. The van der Waals surface area contributed by atoms with Crippen LogP contribution in [0.1, 0.15) is 36.5 Å². The number of esters is 1. The zero-order valence-corrected chi connectivity index (χ0v) is 14.2. The van der Waals surface area contributed by atoms with Crippen molar-refractivity contribution in [2.75, 3.05) is 13.2 Å². The molecule has 2 aromatic rings. The van der Waals surface area contributed by atoms with Gasteiger partial charge in [0.2, 0.25) is 0 Å². The van der Waals surface area contributed by atoms with E-state index in [0.29, 0.717) is 12.1 Å². The Morgan fingerprint density at radius 1 is 1.28 bits per heavy atom. The molecule has 6 heteroatoms. The van der Waals surface area contributed by atoms with Crippen LogP contribution in [0, 0.1) is 0 Å². The normalized spacial score (nSPS) is 13.4. The van der Waals surface area contributed by atoms with E-state index in [4.69, 9.17) is 4.74 Å². The predicted molar refractivity (Wildman–Crippen MR) is 93.2 cm³/mol. The predicted octanol–water partition coefficient (Wildman–Crippen LogP) is 2.95. The van der Waals surface area contributed by atoms with Crippen LogP contribution in [0.2, 0.25) is 0 Å². The first-order valence-corrected chi connectivity index (χ1v) is 8.45. The smallest absolute Gasteiger partial charge is 0.341 e. The van der Waals surface area contributed by atoms with E-state index >= 15 is 0 Å². The maximum absolute atomic E-state index is 12.3. The molecule has 6 nitrogen and oxygen atoms in total. The third-order valence-corrected chi connectivity index (χ3v) is 4.15. The Labute approximate surface area is 146 Å². The minimum absolute atomic E-state index is 0.195. The van der Waals surface area contributed by atoms with Crippen molar-refractivity contribution in [3.8, 4) is 5.69 Å². The van der Waals surface area contributed by atoms with Crippen molar-refractivity contribution < 1.29 is 14.3 Å². The number of nitrogens with zero attached hydrogens (tertiary/aromatic N) is 3. The highest BCUT2D eigenvalue weighted by Gasteiger charge is 2.20. The molecule has 1 aromatic carbocycles. The van der Waals surface area contributed by atoms with Gasteiger partial charge in [-0.15, -0.1) is 0 Å². The molecule has 0 aliphatic heterocycles. The van der Waals surface area contributed by atoms with Crippen LogP contribution in [-0.4, -0.2) is 39.7 Å². The second-order valence-corrected chi connectivity index (χ2v) is 5.81. The molecule has 1 heterocycles. The summed E-state index contributed by atoms with van der Waals surface area (Å²) < 4.78 is 6.77. The number of amides is 1. The highest BCUT2D eigenvalue weighted by atomic mass is 16.5. The fourth-order valence-corrected chi connectivity index (χ4v) is 2.88. The molecular weight excluding hydrogens is 318 g/mol. The molecule has 130 valence electrons. The lowest BCUT2D eigenvalue weighted by Crippen LogP contribution is -2.33. The Balaban J connectivity index is 1.59. The van der Waals surface area contributed by atoms with Crippen molar-refractivity contribution >= 4 is 11.9 Å². The SMILES string of the molecule is CCN(C(=O)COC(=O)c1cnn(-c2ccccc2)c1)C1=CCCC1. The second kappa shape index (κ2) is 7.79. The van der Waals surface area contributed by atoms with Gasteiger partial charge >= 0.3 is 5.97 Å². The minimum atomic E-state index is -0.549. The van der Waals surface area contributed by atoms with Gasteiger partial charge in [-0.2, -0.15) is 5.10 Å². The van der Waals surface area contributed by atoms with Gasteiger partial charge in [-0.25, -0.2) is 9.48 Å². The van der Waals surface area contributed by atoms with E-state index in [1.807, 2.05) is 37.3 Å². The Morgan fingerprint density at radius 3 is 2.76 bits per heavy atom. The summed E-state index contributed by atoms with van der Waals surface area (Å²) in [6, 6.07) is 9.47. The van der Waals surface area contributed by atoms with Gasteiger partial charge in [-0.3, -0.25) is 4.79 Å². The first-order valence-electron chi connectivity index (χ1n) is 8.45. The van der Waals surface area contributed by atoms with E-state index in [0.717, 1.165) is 30.6 Å². The highest BCUT2D eigenvalue weighted by Crippen LogP contribution is 2.21. The summed E-state index contributed by atoms with van der Waals surface area (Å²) in [4.78, 5) is 26.2. The number of ether oxygens (including phenoxy) is 1. The van der Waals surface area contributed by atoms with Gasteiger partial charge in [-0.05, 0) is 38.3 Å². The summed E-state index contributed by atoms with van der Waals surface area (Å²) in [5, 5.41) is 4.16. The number of para-hydroxylation sites is 1. The maximum atomic E-state index is 12.3. The molecule has 0 fully saturated rings. The van der Waals surface area contributed by atoms with E-state index < -0.39 is 5.97 Å². The van der Waals surface area contributed by atoms with Crippen LogP contribution >= 0.6 is 0 Å². The van der Waals surface area contributed by atoms with E-state index in [1.165, 1.54) is 6.20 Å². The van der Waals surface area contributed by atoms with Crippen molar-refractivity contribution in [2.45, 2.75) is 26.2 Å². The van der Waals surface area contributed by atoms with Gasteiger partial charge in [0.25, 0.3) is 5.91 Å². The summed E-state index contributed by atoms with van der Waals surface area (Å²) >= 11 is 0. The van der Waals surface area contributed by atoms with Gasteiger partial charge in [-0.1, -0.05) is 24.3 Å². The van der Waals surface area contributed by atoms with Crippen molar-refractivity contribution in [3.63, 3.8) is 0 Å². The monoisotopic (exact) mass is 339 g/mol. The third-order valence-electron chi connectivity index (χ3n) is 4.15. The number of hydrogen-bond acceptors (Lipinski definition) is 4. The van der Waals surface area contributed by atoms with Crippen molar-refractivity contribution in [3.05, 3.63) is 60.1 Å². The number of allylic oxidation sites excluding steroid dienone is 2. The lowest BCUT2D eigenvalue weighted by Gasteiger charge is -2.21. The number of carbonyl (C=O) groups excluding carboxylic acids is 2. The van der Waals surface area contributed by atoms with E-state index in [1.54, 1.807) is 15.8 Å². The Bertz CT molecular complexity index is 780. The molecule has 1 aromatic heterocycles. The summed E-state index contributed by atoms with van der Waals surface area (Å²) in [7, 11) is 0. The third kappa shape index (κ3) is 3.96. The van der Waals surface area contributed by atoms with E-state index in [-0.39, 0.29) is 12.5 Å². The number of benzene rings is 1. The molecule has 0 saturated carbocycles. The van der Waals surface area contributed by atoms with Crippen LogP contribution in [0.3, 0.4) is 0 Å². The molecule has 1 amide bonds. The van der Waals surface area contributed by atoms with Crippen LogP contribution in [0.25, 0.3) is 5.69 Å². The summed E-state index contributed by atoms with van der Waals surface area (Å²) in [5.41, 5.74) is 2.20.